The number of hydrogen-bond acceptors (Lipinski definition) is 0. The van der Waals surface area contributed by atoms with Crippen LogP contribution in [-0.2, 0) is 0 Å². The quantitative estimate of drug-likeness (QED) is 0.230. The molecule has 0 fully saturated rings. The van der Waals surface area contributed by atoms with Crippen LogP contribution in [0.25, 0.3) is 0 Å². The van der Waals surface area contributed by atoms with Gasteiger partial charge in [-0.05, 0) is 56.8 Å². The molecule has 0 aliphatic heterocycles. The van der Waals surface area contributed by atoms with Crippen molar-refractivity contribution in [3.05, 3.63) is 37.0 Å². The zero-order valence-electron chi connectivity index (χ0n) is 14.9. The Labute approximate surface area is 134 Å². The van der Waals surface area contributed by atoms with Crippen LogP contribution in [0.5, 0.6) is 0 Å². The largest absolute Gasteiger partial charge is 0.103 e. The van der Waals surface area contributed by atoms with Crippen LogP contribution in [0.4, 0.5) is 0 Å². The van der Waals surface area contributed by atoms with Crippen LogP contribution < -0.4 is 0 Å². The number of hydrogen-bond donors (Lipinski definition) is 0. The van der Waals surface area contributed by atoms with Crippen LogP contribution in [0.15, 0.2) is 37.0 Å². The second-order valence-electron chi connectivity index (χ2n) is 6.71. The van der Waals surface area contributed by atoms with Crippen LogP contribution in [0, 0.1) is 11.8 Å². The van der Waals surface area contributed by atoms with Crippen LogP contribution >= 0.6 is 0 Å². The average molecular weight is 291 g/mol. The number of rotatable bonds is 14. The fourth-order valence-corrected chi connectivity index (χ4v) is 2.81. The van der Waals surface area contributed by atoms with Crippen molar-refractivity contribution < 1.29 is 0 Å². The maximum absolute atomic E-state index is 3.87. The molecule has 0 rings (SSSR count). The van der Waals surface area contributed by atoms with E-state index in [9.17, 15) is 0 Å². The zero-order chi connectivity index (χ0) is 15.9. The Kier molecular flexibility index (Phi) is 13.6. The standard InChI is InChI=1S/C21H38/c1-6-9-10-11-12-15-21(18-20(5)14-8-3)17-16-19(4)13-7-2/h7-8,15,19-20H,2-3,6,9-14,16-18H2,1,4-5H3. The third kappa shape index (κ3) is 12.7. The summed E-state index contributed by atoms with van der Waals surface area (Å²) >= 11 is 0. The Morgan fingerprint density at radius 1 is 0.952 bits per heavy atom. The maximum atomic E-state index is 3.87. The molecule has 122 valence electrons. The van der Waals surface area contributed by atoms with E-state index in [0.29, 0.717) is 0 Å². The van der Waals surface area contributed by atoms with Crippen molar-refractivity contribution >= 4 is 0 Å². The summed E-state index contributed by atoms with van der Waals surface area (Å²) in [7, 11) is 0. The molecule has 0 amide bonds. The molecular formula is C21H38. The number of unbranched alkanes of at least 4 members (excludes halogenated alkanes) is 4. The van der Waals surface area contributed by atoms with Gasteiger partial charge in [-0.1, -0.05) is 63.8 Å². The second kappa shape index (κ2) is 14.2. The Morgan fingerprint density at radius 3 is 2.24 bits per heavy atom. The third-order valence-corrected chi connectivity index (χ3v) is 4.20. The summed E-state index contributed by atoms with van der Waals surface area (Å²) in [6, 6.07) is 0. The van der Waals surface area contributed by atoms with Crippen LogP contribution in [0.3, 0.4) is 0 Å². The van der Waals surface area contributed by atoms with Crippen molar-refractivity contribution in [3.63, 3.8) is 0 Å². The molecule has 0 spiro atoms. The van der Waals surface area contributed by atoms with E-state index in [1.165, 1.54) is 51.4 Å². The second-order valence-corrected chi connectivity index (χ2v) is 6.71. The van der Waals surface area contributed by atoms with Gasteiger partial charge in [-0.3, -0.25) is 0 Å². The van der Waals surface area contributed by atoms with Crippen LogP contribution in [-0.4, -0.2) is 0 Å². The average Bonchev–Trinajstić information content (AvgIpc) is 2.44. The molecule has 0 heterocycles. The minimum atomic E-state index is 0.735. The highest BCUT2D eigenvalue weighted by molar-refractivity contribution is 5.04. The highest BCUT2D eigenvalue weighted by atomic mass is 14.1. The highest BCUT2D eigenvalue weighted by Gasteiger charge is 2.07. The fraction of sp³-hybridized carbons (Fsp3) is 0.714. The van der Waals surface area contributed by atoms with E-state index < -0.39 is 0 Å². The van der Waals surface area contributed by atoms with Crippen LogP contribution in [0.2, 0.25) is 0 Å². The van der Waals surface area contributed by atoms with Gasteiger partial charge in [0.05, 0.1) is 0 Å². The third-order valence-electron chi connectivity index (χ3n) is 4.20. The molecule has 2 atom stereocenters. The van der Waals surface area contributed by atoms with Gasteiger partial charge in [-0.15, -0.1) is 13.2 Å². The van der Waals surface area contributed by atoms with Crippen molar-refractivity contribution in [3.8, 4) is 0 Å². The van der Waals surface area contributed by atoms with Crippen molar-refractivity contribution in [1.82, 2.24) is 0 Å². The summed E-state index contributed by atoms with van der Waals surface area (Å²) in [5.41, 5.74) is 1.68. The molecule has 0 saturated carbocycles. The lowest BCUT2D eigenvalue weighted by Gasteiger charge is -2.15. The topological polar surface area (TPSA) is 0 Å². The summed E-state index contributed by atoms with van der Waals surface area (Å²) < 4.78 is 0. The lowest BCUT2D eigenvalue weighted by molar-refractivity contribution is 0.510. The van der Waals surface area contributed by atoms with E-state index in [-0.39, 0.29) is 0 Å². The van der Waals surface area contributed by atoms with Gasteiger partial charge in [0.1, 0.15) is 0 Å². The molecule has 0 radical (unpaired) electrons. The first kappa shape index (κ1) is 20.2. The van der Waals surface area contributed by atoms with Gasteiger partial charge < -0.3 is 0 Å². The van der Waals surface area contributed by atoms with Gasteiger partial charge in [0.15, 0.2) is 0 Å². The molecule has 0 aromatic carbocycles. The van der Waals surface area contributed by atoms with Gasteiger partial charge in [-0.25, -0.2) is 0 Å². The van der Waals surface area contributed by atoms with E-state index in [4.69, 9.17) is 0 Å². The highest BCUT2D eigenvalue weighted by Crippen LogP contribution is 2.23. The van der Waals surface area contributed by atoms with Gasteiger partial charge in [0.25, 0.3) is 0 Å². The smallest absolute Gasteiger partial charge is 0.0291 e. The maximum Gasteiger partial charge on any atom is -0.0291 e. The summed E-state index contributed by atoms with van der Waals surface area (Å²) in [5.74, 6) is 1.50. The Balaban J connectivity index is 4.27. The molecule has 0 aliphatic rings. The summed E-state index contributed by atoms with van der Waals surface area (Å²) in [6.07, 6.45) is 19.5. The normalized spacial score (nSPS) is 14.7. The van der Waals surface area contributed by atoms with Gasteiger partial charge in [0.2, 0.25) is 0 Å². The SMILES string of the molecule is C=CCC(C)CCC(=CCCCCCC)CC(C)CC=C. The minimum Gasteiger partial charge on any atom is -0.103 e. The van der Waals surface area contributed by atoms with E-state index in [2.05, 4.69) is 52.2 Å². The molecule has 0 nitrogen and oxygen atoms in total. The molecular weight excluding hydrogens is 252 g/mol. The van der Waals surface area contributed by atoms with Gasteiger partial charge >= 0.3 is 0 Å². The first-order chi connectivity index (χ1) is 10.1. The predicted molar refractivity (Wildman–Crippen MR) is 98.6 cm³/mol. The molecule has 0 heteroatoms. The summed E-state index contributed by atoms with van der Waals surface area (Å²) in [4.78, 5) is 0. The van der Waals surface area contributed by atoms with E-state index in [1.807, 2.05) is 0 Å². The Bertz CT molecular complexity index is 284. The summed E-state index contributed by atoms with van der Waals surface area (Å²) in [5, 5.41) is 0. The van der Waals surface area contributed by atoms with E-state index in [1.54, 1.807) is 5.57 Å². The molecule has 21 heavy (non-hydrogen) atoms. The van der Waals surface area contributed by atoms with E-state index >= 15 is 0 Å². The molecule has 2 unspecified atom stereocenters. The summed E-state index contributed by atoms with van der Waals surface area (Å²) in [6.45, 7) is 14.7. The minimum absolute atomic E-state index is 0.735. The Morgan fingerprint density at radius 2 is 1.62 bits per heavy atom. The lowest BCUT2D eigenvalue weighted by Crippen LogP contribution is -1.99. The lowest BCUT2D eigenvalue weighted by atomic mass is 9.91. The van der Waals surface area contributed by atoms with E-state index in [0.717, 1.165) is 24.7 Å². The van der Waals surface area contributed by atoms with Crippen LogP contribution in [0.1, 0.15) is 85.0 Å². The molecule has 0 aromatic heterocycles. The Hall–Kier alpha value is -0.780. The molecule has 0 bridgehead atoms. The molecule has 0 aliphatic carbocycles. The fourth-order valence-electron chi connectivity index (χ4n) is 2.81. The van der Waals surface area contributed by atoms with Gasteiger partial charge in [-0.2, -0.15) is 0 Å². The van der Waals surface area contributed by atoms with Gasteiger partial charge in [0, 0.05) is 0 Å². The van der Waals surface area contributed by atoms with Crippen molar-refractivity contribution in [2.45, 2.75) is 85.0 Å². The van der Waals surface area contributed by atoms with Crippen molar-refractivity contribution in [2.24, 2.45) is 11.8 Å². The van der Waals surface area contributed by atoms with Crippen molar-refractivity contribution in [1.29, 1.82) is 0 Å². The molecule has 0 N–H and O–H groups in total. The molecule has 0 aromatic rings. The monoisotopic (exact) mass is 290 g/mol. The zero-order valence-corrected chi connectivity index (χ0v) is 14.9. The first-order valence-electron chi connectivity index (χ1n) is 9.03. The molecule has 0 saturated heterocycles. The predicted octanol–water partition coefficient (Wildman–Crippen LogP) is 7.48. The van der Waals surface area contributed by atoms with Crippen molar-refractivity contribution in [2.75, 3.05) is 0 Å². The number of allylic oxidation sites excluding steroid dienone is 4. The first-order valence-corrected chi connectivity index (χ1v) is 9.03.